The average Bonchev–Trinajstić information content (AvgIpc) is 2.03. The summed E-state index contributed by atoms with van der Waals surface area (Å²) in [5.41, 5.74) is -0.0671. The minimum absolute atomic E-state index is 0. The van der Waals surface area contributed by atoms with Crippen LogP contribution in [0.3, 0.4) is 0 Å². The Morgan fingerprint density at radius 1 is 1.27 bits per heavy atom. The predicted molar refractivity (Wildman–Crippen MR) is 55.1 cm³/mol. The van der Waals surface area contributed by atoms with Crippen LogP contribution >= 0.6 is 0 Å². The van der Waals surface area contributed by atoms with E-state index in [2.05, 4.69) is 0 Å². The number of phenols is 1. The number of benzene rings is 1. The van der Waals surface area contributed by atoms with Gasteiger partial charge in [0, 0.05) is 40.4 Å². The molecule has 0 saturated carbocycles. The van der Waals surface area contributed by atoms with Crippen LogP contribution in [-0.2, 0) is 27.9 Å². The van der Waals surface area contributed by atoms with Crippen LogP contribution in [0.1, 0.15) is 10.4 Å². The van der Waals surface area contributed by atoms with Gasteiger partial charge in [-0.15, -0.1) is 0 Å². The number of carboxylic acids is 1. The van der Waals surface area contributed by atoms with Crippen molar-refractivity contribution in [3.05, 3.63) is 29.8 Å². The molecule has 0 saturated heterocycles. The smallest absolute Gasteiger partial charge is 0.339 e. The molecule has 1 rings (SSSR count). The van der Waals surface area contributed by atoms with Gasteiger partial charge in [-0.2, -0.15) is 0 Å². The van der Waals surface area contributed by atoms with Crippen LogP contribution < -0.4 is 0 Å². The number of carbonyl (C=O) groups is 1. The van der Waals surface area contributed by atoms with Crippen molar-refractivity contribution in [2.24, 2.45) is 0 Å². The van der Waals surface area contributed by atoms with Crippen molar-refractivity contribution >= 4 is 16.8 Å². The maximum Gasteiger partial charge on any atom is 0.339 e. The molecule has 0 amide bonds. The van der Waals surface area contributed by atoms with Gasteiger partial charge in [0.25, 0.3) is 0 Å². The Hall–Kier alpha value is -0.841. The molecule has 1 aromatic carbocycles. The molecule has 0 atom stereocenters. The fraction of sp³-hybridized carbons (Fsp3) is 0.222. The third kappa shape index (κ3) is 8.17. The molecule has 1 aromatic rings. The second kappa shape index (κ2) is 8.47. The number of carboxylic acid groups (broad SMARTS) is 1. The quantitative estimate of drug-likeness (QED) is 0.755. The molecule has 0 unspecified atom stereocenters. The monoisotopic (exact) mass is 279 g/mol. The van der Waals surface area contributed by atoms with E-state index in [1.54, 1.807) is 24.6 Å². The molecule has 0 aromatic heterocycles. The van der Waals surface area contributed by atoms with E-state index in [9.17, 15) is 9.00 Å². The third-order valence-corrected chi connectivity index (χ3v) is 1.13. The standard InChI is InChI=1S/C7H6O3.C2H6OS.Cu/c8-6-4-2-1-3-5(6)7(9)10;1-4(2)3;/h1-4,8H,(H,9,10);1-2H3;. The van der Waals surface area contributed by atoms with Gasteiger partial charge in [0.2, 0.25) is 0 Å². The van der Waals surface area contributed by atoms with E-state index in [1.165, 1.54) is 12.1 Å². The molecule has 1 radical (unpaired) electrons. The minimum atomic E-state index is -1.11. The van der Waals surface area contributed by atoms with Crippen LogP contribution in [0.25, 0.3) is 0 Å². The zero-order chi connectivity index (χ0) is 11.1. The van der Waals surface area contributed by atoms with E-state index >= 15 is 0 Å². The van der Waals surface area contributed by atoms with Crippen molar-refractivity contribution in [2.45, 2.75) is 0 Å². The van der Waals surface area contributed by atoms with Crippen molar-refractivity contribution in [2.75, 3.05) is 12.5 Å². The van der Waals surface area contributed by atoms with Gasteiger partial charge in [-0.05, 0) is 12.1 Å². The minimum Gasteiger partial charge on any atom is -0.507 e. The van der Waals surface area contributed by atoms with Gasteiger partial charge in [-0.1, -0.05) is 12.1 Å². The van der Waals surface area contributed by atoms with E-state index in [0.29, 0.717) is 0 Å². The summed E-state index contributed by atoms with van der Waals surface area (Å²) in [5, 5.41) is 17.3. The normalized spacial score (nSPS) is 8.47. The summed E-state index contributed by atoms with van der Waals surface area (Å²) in [6.07, 6.45) is 3.28. The summed E-state index contributed by atoms with van der Waals surface area (Å²) in [5.74, 6) is -1.31. The molecule has 0 heterocycles. The second-order valence-electron chi connectivity index (χ2n) is 2.56. The van der Waals surface area contributed by atoms with Crippen molar-refractivity contribution in [3.63, 3.8) is 0 Å². The molecule has 0 fully saturated rings. The molecule has 0 aliphatic heterocycles. The summed E-state index contributed by atoms with van der Waals surface area (Å²) in [6, 6.07) is 5.81. The Kier molecular flexibility index (Phi) is 9.36. The zero-order valence-electron chi connectivity index (χ0n) is 8.23. The van der Waals surface area contributed by atoms with Crippen LogP contribution in [0.4, 0.5) is 0 Å². The van der Waals surface area contributed by atoms with Gasteiger partial charge in [0.1, 0.15) is 11.3 Å². The fourth-order valence-corrected chi connectivity index (χ4v) is 0.654. The van der Waals surface area contributed by atoms with E-state index in [-0.39, 0.29) is 28.4 Å². The van der Waals surface area contributed by atoms with Crippen LogP contribution in [0.2, 0.25) is 0 Å². The fourth-order valence-electron chi connectivity index (χ4n) is 0.654. The van der Waals surface area contributed by atoms with Crippen LogP contribution in [0, 0.1) is 0 Å². The summed E-state index contributed by atoms with van der Waals surface area (Å²) >= 11 is 0. The first-order valence-electron chi connectivity index (χ1n) is 3.71. The maximum atomic E-state index is 10.3. The Bertz CT molecular complexity index is 337. The van der Waals surface area contributed by atoms with Gasteiger partial charge in [0.05, 0.1) is 0 Å². The maximum absolute atomic E-state index is 10.3. The van der Waals surface area contributed by atoms with Gasteiger partial charge in [-0.3, -0.25) is 4.21 Å². The van der Waals surface area contributed by atoms with Gasteiger partial charge >= 0.3 is 5.97 Å². The van der Waals surface area contributed by atoms with E-state index in [4.69, 9.17) is 10.2 Å². The van der Waals surface area contributed by atoms with Crippen molar-refractivity contribution in [1.29, 1.82) is 0 Å². The first-order valence-corrected chi connectivity index (χ1v) is 5.68. The summed E-state index contributed by atoms with van der Waals surface area (Å²) in [6.45, 7) is 0. The topological polar surface area (TPSA) is 74.6 Å². The van der Waals surface area contributed by atoms with Crippen LogP contribution in [0.5, 0.6) is 5.75 Å². The van der Waals surface area contributed by atoms with Crippen molar-refractivity contribution < 1.29 is 36.3 Å². The number of hydrogen-bond acceptors (Lipinski definition) is 3. The van der Waals surface area contributed by atoms with Crippen molar-refractivity contribution in [3.8, 4) is 5.75 Å². The third-order valence-electron chi connectivity index (χ3n) is 1.13. The summed E-state index contributed by atoms with van der Waals surface area (Å²) in [7, 11) is -0.611. The predicted octanol–water partition coefficient (Wildman–Crippen LogP) is 1.08. The van der Waals surface area contributed by atoms with Gasteiger partial charge in [0.15, 0.2) is 0 Å². The Morgan fingerprint density at radius 2 is 1.67 bits per heavy atom. The molecule has 0 spiro atoms. The Balaban J connectivity index is 0. The first kappa shape index (κ1) is 16.6. The number of hydrogen-bond donors (Lipinski definition) is 2. The number of rotatable bonds is 1. The summed E-state index contributed by atoms with van der Waals surface area (Å²) in [4.78, 5) is 10.3. The molecule has 89 valence electrons. The molecule has 0 aliphatic carbocycles. The first-order chi connectivity index (χ1) is 6.45. The van der Waals surface area contributed by atoms with E-state index in [0.717, 1.165) is 0 Å². The SMILES string of the molecule is CS(C)=O.O=C(O)c1ccccc1O.[Cu]. The molecule has 2 N–H and O–H groups in total. The molecular formula is C9H12CuO4S. The molecule has 6 heteroatoms. The van der Waals surface area contributed by atoms with Crippen LogP contribution in [-0.4, -0.2) is 32.9 Å². The largest absolute Gasteiger partial charge is 0.507 e. The molecule has 15 heavy (non-hydrogen) atoms. The van der Waals surface area contributed by atoms with Gasteiger partial charge in [-0.25, -0.2) is 4.79 Å². The van der Waals surface area contributed by atoms with Crippen LogP contribution in [0.15, 0.2) is 24.3 Å². The molecule has 4 nitrogen and oxygen atoms in total. The van der Waals surface area contributed by atoms with E-state index in [1.807, 2.05) is 0 Å². The van der Waals surface area contributed by atoms with Gasteiger partial charge < -0.3 is 10.2 Å². The molecule has 0 bridgehead atoms. The number of aromatic carboxylic acids is 1. The second-order valence-corrected chi connectivity index (χ2v) is 4.05. The average molecular weight is 280 g/mol. The van der Waals surface area contributed by atoms with E-state index < -0.39 is 16.8 Å². The Labute approximate surface area is 101 Å². The summed E-state index contributed by atoms with van der Waals surface area (Å²) < 4.78 is 9.56. The Morgan fingerprint density at radius 3 is 1.93 bits per heavy atom. The van der Waals surface area contributed by atoms with Crippen molar-refractivity contribution in [1.82, 2.24) is 0 Å². The molecule has 0 aliphatic rings. The number of aromatic hydroxyl groups is 1. The zero-order valence-corrected chi connectivity index (χ0v) is 9.99. The molecular weight excluding hydrogens is 268 g/mol. The number of para-hydroxylation sites is 1.